The van der Waals surface area contributed by atoms with Crippen molar-refractivity contribution in [3.63, 3.8) is 0 Å². The average molecular weight is 231 g/mol. The molecule has 3 nitrogen and oxygen atoms in total. The monoisotopic (exact) mass is 231 g/mol. The molecule has 0 N–H and O–H groups in total. The van der Waals surface area contributed by atoms with Crippen LogP contribution in [0.2, 0.25) is 0 Å². The summed E-state index contributed by atoms with van der Waals surface area (Å²) >= 11 is 0. The van der Waals surface area contributed by atoms with E-state index >= 15 is 0 Å². The van der Waals surface area contributed by atoms with Crippen LogP contribution >= 0.6 is 0 Å². The summed E-state index contributed by atoms with van der Waals surface area (Å²) in [5.41, 5.74) is 1.02. The van der Waals surface area contributed by atoms with Gasteiger partial charge >= 0.3 is 5.97 Å². The summed E-state index contributed by atoms with van der Waals surface area (Å²) in [6.07, 6.45) is 1.52. The highest BCUT2D eigenvalue weighted by molar-refractivity contribution is 5.89. The number of ether oxygens (including phenoxy) is 1. The van der Waals surface area contributed by atoms with Crippen LogP contribution in [0.1, 0.15) is 42.6 Å². The van der Waals surface area contributed by atoms with Crippen molar-refractivity contribution in [1.82, 2.24) is 0 Å². The normalized spacial score (nSPS) is 10.7. The average Bonchev–Trinajstić information content (AvgIpc) is 2.41. The zero-order valence-corrected chi connectivity index (χ0v) is 10.5. The lowest BCUT2D eigenvalue weighted by molar-refractivity contribution is 0.0600. The minimum absolute atomic E-state index is 0.355. The fraction of sp³-hybridized carbons (Fsp3) is 0.429. The predicted octanol–water partition coefficient (Wildman–Crippen LogP) is 3.05. The summed E-state index contributed by atoms with van der Waals surface area (Å²) in [5.74, 6) is -0.355. The summed E-state index contributed by atoms with van der Waals surface area (Å²) in [4.78, 5) is 11.3. The van der Waals surface area contributed by atoms with Crippen LogP contribution in [0.25, 0.3) is 0 Å². The number of carbonyl (C=O) groups is 1. The summed E-state index contributed by atoms with van der Waals surface area (Å²) in [6.45, 7) is 4.00. The smallest absolute Gasteiger partial charge is 0.337 e. The zero-order valence-electron chi connectivity index (χ0n) is 10.5. The maximum Gasteiger partial charge on any atom is 0.337 e. The molecule has 0 aromatic heterocycles. The number of rotatable bonds is 4. The minimum Gasteiger partial charge on any atom is -0.465 e. The fourth-order valence-electron chi connectivity index (χ4n) is 1.92. The van der Waals surface area contributed by atoms with Gasteiger partial charge in [-0.3, -0.25) is 0 Å². The van der Waals surface area contributed by atoms with Gasteiger partial charge in [-0.05, 0) is 30.5 Å². The molecule has 0 bridgehead atoms. The van der Waals surface area contributed by atoms with E-state index in [4.69, 9.17) is 0 Å². The lowest BCUT2D eigenvalue weighted by Crippen LogP contribution is -2.21. The Morgan fingerprint density at radius 2 is 1.82 bits per heavy atom. The first-order valence-corrected chi connectivity index (χ1v) is 5.73. The second-order valence-electron chi connectivity index (χ2n) is 3.97. The van der Waals surface area contributed by atoms with E-state index < -0.39 is 5.41 Å². The van der Waals surface area contributed by atoms with Crippen molar-refractivity contribution >= 4 is 5.97 Å². The van der Waals surface area contributed by atoms with Crippen molar-refractivity contribution in [3.8, 4) is 6.07 Å². The van der Waals surface area contributed by atoms with Crippen molar-refractivity contribution in [3.05, 3.63) is 35.4 Å². The molecule has 0 heterocycles. The molecule has 1 aromatic rings. The molecular weight excluding hydrogens is 214 g/mol. The molecule has 0 radical (unpaired) electrons. The molecule has 0 fully saturated rings. The van der Waals surface area contributed by atoms with E-state index in [9.17, 15) is 10.1 Å². The van der Waals surface area contributed by atoms with Gasteiger partial charge in [-0.25, -0.2) is 4.79 Å². The maximum atomic E-state index is 11.3. The predicted molar refractivity (Wildman–Crippen MR) is 65.7 cm³/mol. The lowest BCUT2D eigenvalue weighted by atomic mass is 9.77. The van der Waals surface area contributed by atoms with Gasteiger partial charge in [0.05, 0.1) is 24.2 Å². The SMILES string of the molecule is CCC(C#N)(CC)c1ccc(C(=O)OC)cc1. The first-order valence-electron chi connectivity index (χ1n) is 5.73. The van der Waals surface area contributed by atoms with Crippen LogP contribution < -0.4 is 0 Å². The molecule has 0 saturated heterocycles. The van der Waals surface area contributed by atoms with Crippen LogP contribution in [0.15, 0.2) is 24.3 Å². The number of nitrogens with zero attached hydrogens (tertiary/aromatic N) is 1. The van der Waals surface area contributed by atoms with Gasteiger partial charge in [0.2, 0.25) is 0 Å². The molecule has 0 aliphatic heterocycles. The van der Waals surface area contributed by atoms with Gasteiger partial charge in [0.1, 0.15) is 0 Å². The highest BCUT2D eigenvalue weighted by Crippen LogP contribution is 2.30. The molecule has 1 rings (SSSR count). The molecule has 0 spiro atoms. The van der Waals surface area contributed by atoms with E-state index in [0.29, 0.717) is 5.56 Å². The number of nitriles is 1. The standard InChI is InChI=1S/C14H17NO2/c1-4-14(5-2,10-15)12-8-6-11(7-9-12)13(16)17-3/h6-9H,4-5H2,1-3H3. The third-order valence-corrected chi connectivity index (χ3v) is 3.28. The van der Waals surface area contributed by atoms with Gasteiger partial charge in [0, 0.05) is 0 Å². The Kier molecular flexibility index (Phi) is 4.28. The molecule has 0 saturated carbocycles. The van der Waals surface area contributed by atoms with E-state index in [-0.39, 0.29) is 5.97 Å². The molecule has 0 unspecified atom stereocenters. The number of methoxy groups -OCH3 is 1. The van der Waals surface area contributed by atoms with Gasteiger partial charge in [-0.15, -0.1) is 0 Å². The Bertz CT molecular complexity index is 425. The number of hydrogen-bond acceptors (Lipinski definition) is 3. The third kappa shape index (κ3) is 2.47. The van der Waals surface area contributed by atoms with Crippen molar-refractivity contribution in [2.24, 2.45) is 0 Å². The fourth-order valence-corrected chi connectivity index (χ4v) is 1.92. The quantitative estimate of drug-likeness (QED) is 0.748. The Balaban J connectivity index is 3.10. The van der Waals surface area contributed by atoms with E-state index in [1.165, 1.54) is 7.11 Å². The Labute approximate surface area is 102 Å². The Morgan fingerprint density at radius 1 is 1.29 bits per heavy atom. The summed E-state index contributed by atoms with van der Waals surface area (Å²) in [5, 5.41) is 9.31. The van der Waals surface area contributed by atoms with Crippen LogP contribution in [-0.2, 0) is 10.2 Å². The van der Waals surface area contributed by atoms with Crippen molar-refractivity contribution in [2.45, 2.75) is 32.1 Å². The number of hydrogen-bond donors (Lipinski definition) is 0. The van der Waals surface area contributed by atoms with Crippen LogP contribution in [0.3, 0.4) is 0 Å². The minimum atomic E-state index is -0.450. The highest BCUT2D eigenvalue weighted by atomic mass is 16.5. The van der Waals surface area contributed by atoms with Crippen LogP contribution in [0, 0.1) is 11.3 Å². The second kappa shape index (κ2) is 5.49. The molecular formula is C14H17NO2. The topological polar surface area (TPSA) is 50.1 Å². The van der Waals surface area contributed by atoms with Crippen LogP contribution in [0.5, 0.6) is 0 Å². The number of benzene rings is 1. The number of carbonyl (C=O) groups excluding carboxylic acids is 1. The largest absolute Gasteiger partial charge is 0.465 e. The molecule has 17 heavy (non-hydrogen) atoms. The van der Waals surface area contributed by atoms with Gasteiger partial charge < -0.3 is 4.74 Å². The molecule has 0 amide bonds. The van der Waals surface area contributed by atoms with Gasteiger partial charge in [0.15, 0.2) is 0 Å². The Morgan fingerprint density at radius 3 is 2.18 bits per heavy atom. The molecule has 0 aliphatic rings. The van der Waals surface area contributed by atoms with E-state index in [1.807, 2.05) is 26.0 Å². The van der Waals surface area contributed by atoms with Gasteiger partial charge in [-0.1, -0.05) is 26.0 Å². The Hall–Kier alpha value is -1.82. The summed E-state index contributed by atoms with van der Waals surface area (Å²) in [6, 6.07) is 9.46. The van der Waals surface area contributed by atoms with Crippen LogP contribution in [-0.4, -0.2) is 13.1 Å². The molecule has 90 valence electrons. The zero-order chi connectivity index (χ0) is 12.9. The van der Waals surface area contributed by atoms with E-state index in [0.717, 1.165) is 18.4 Å². The first kappa shape index (κ1) is 13.2. The highest BCUT2D eigenvalue weighted by Gasteiger charge is 2.28. The van der Waals surface area contributed by atoms with E-state index in [2.05, 4.69) is 10.8 Å². The third-order valence-electron chi connectivity index (χ3n) is 3.28. The summed E-state index contributed by atoms with van der Waals surface area (Å²) < 4.78 is 4.64. The van der Waals surface area contributed by atoms with Crippen molar-refractivity contribution in [1.29, 1.82) is 5.26 Å². The molecule has 0 aliphatic carbocycles. The maximum absolute atomic E-state index is 11.3. The van der Waals surface area contributed by atoms with Crippen LogP contribution in [0.4, 0.5) is 0 Å². The van der Waals surface area contributed by atoms with Crippen molar-refractivity contribution < 1.29 is 9.53 Å². The lowest BCUT2D eigenvalue weighted by Gasteiger charge is -2.23. The number of esters is 1. The summed E-state index contributed by atoms with van der Waals surface area (Å²) in [7, 11) is 1.36. The van der Waals surface area contributed by atoms with Gasteiger partial charge in [-0.2, -0.15) is 5.26 Å². The molecule has 0 atom stereocenters. The molecule has 3 heteroatoms. The van der Waals surface area contributed by atoms with E-state index in [1.54, 1.807) is 12.1 Å². The first-order chi connectivity index (χ1) is 8.13. The van der Waals surface area contributed by atoms with Gasteiger partial charge in [0.25, 0.3) is 0 Å². The second-order valence-corrected chi connectivity index (χ2v) is 3.97. The van der Waals surface area contributed by atoms with Crippen molar-refractivity contribution in [2.75, 3.05) is 7.11 Å². The molecule has 1 aromatic carbocycles.